The molecule has 4 rings (SSSR count). The van der Waals surface area contributed by atoms with Crippen LogP contribution in [0.1, 0.15) is 5.69 Å². The van der Waals surface area contributed by atoms with Crippen LogP contribution in [0.15, 0.2) is 58.2 Å². The molecule has 184 valence electrons. The first-order chi connectivity index (χ1) is 16.7. The SMILES string of the molecule is CN(C)CCNS(=O)(=O)c1cccc(-c2noc(-c3cnn(C)c3COc3ccc(F)cn3)n2)c1. The highest BCUT2D eigenvalue weighted by Gasteiger charge is 2.20. The van der Waals surface area contributed by atoms with Gasteiger partial charge in [-0.25, -0.2) is 22.5 Å². The third-order valence-electron chi connectivity index (χ3n) is 5.03. The molecular formula is C22H24FN7O4S. The summed E-state index contributed by atoms with van der Waals surface area (Å²) in [6.45, 7) is 0.932. The molecule has 0 aliphatic heterocycles. The minimum atomic E-state index is -3.69. The molecule has 0 aliphatic carbocycles. The van der Waals surface area contributed by atoms with E-state index < -0.39 is 15.8 Å². The van der Waals surface area contributed by atoms with E-state index in [1.165, 1.54) is 24.3 Å². The predicted molar refractivity (Wildman–Crippen MR) is 124 cm³/mol. The normalized spacial score (nSPS) is 11.8. The zero-order chi connectivity index (χ0) is 25.0. The van der Waals surface area contributed by atoms with E-state index in [0.717, 1.165) is 6.20 Å². The second-order valence-electron chi connectivity index (χ2n) is 7.88. The van der Waals surface area contributed by atoms with Crippen molar-refractivity contribution in [2.45, 2.75) is 11.5 Å². The van der Waals surface area contributed by atoms with Crippen molar-refractivity contribution in [1.82, 2.24) is 34.5 Å². The standard InChI is InChI=1S/C22H24FN7O4S/c1-29(2)10-9-26-35(31,32)17-6-4-5-15(11-17)21-27-22(34-28-21)18-13-25-30(3)19(18)14-33-20-8-7-16(23)12-24-20/h4-8,11-13,26H,9-10,14H2,1-3H3. The van der Waals surface area contributed by atoms with Gasteiger partial charge in [0.1, 0.15) is 12.4 Å². The first kappa shape index (κ1) is 24.4. The number of ether oxygens (including phenoxy) is 1. The number of halogens is 1. The lowest BCUT2D eigenvalue weighted by Crippen LogP contribution is -2.31. The van der Waals surface area contributed by atoms with Crippen molar-refractivity contribution in [2.24, 2.45) is 7.05 Å². The molecule has 0 radical (unpaired) electrons. The number of aromatic nitrogens is 5. The van der Waals surface area contributed by atoms with Gasteiger partial charge in [-0.2, -0.15) is 10.1 Å². The fourth-order valence-corrected chi connectivity index (χ4v) is 4.21. The maximum atomic E-state index is 13.1. The highest BCUT2D eigenvalue weighted by Crippen LogP contribution is 2.27. The number of rotatable bonds is 10. The van der Waals surface area contributed by atoms with Gasteiger partial charge in [-0.3, -0.25) is 4.68 Å². The number of nitrogens with zero attached hydrogens (tertiary/aromatic N) is 6. The molecule has 1 N–H and O–H groups in total. The molecule has 13 heteroatoms. The van der Waals surface area contributed by atoms with Gasteiger partial charge in [0.05, 0.1) is 28.5 Å². The number of nitrogens with one attached hydrogen (secondary N) is 1. The molecular weight excluding hydrogens is 477 g/mol. The quantitative estimate of drug-likeness (QED) is 0.347. The molecule has 0 spiro atoms. The van der Waals surface area contributed by atoms with Crippen LogP contribution in [0.2, 0.25) is 0 Å². The Hall–Kier alpha value is -3.68. The van der Waals surface area contributed by atoms with Gasteiger partial charge in [-0.15, -0.1) is 0 Å². The summed E-state index contributed by atoms with van der Waals surface area (Å²) in [5.74, 6) is 0.206. The van der Waals surface area contributed by atoms with Crippen LogP contribution in [-0.2, 0) is 23.7 Å². The van der Waals surface area contributed by atoms with Gasteiger partial charge in [-0.05, 0) is 32.3 Å². The van der Waals surface area contributed by atoms with Crippen LogP contribution in [0.3, 0.4) is 0 Å². The molecule has 0 bridgehead atoms. The summed E-state index contributed by atoms with van der Waals surface area (Å²) >= 11 is 0. The number of aryl methyl sites for hydroxylation is 1. The minimum Gasteiger partial charge on any atom is -0.471 e. The number of hydrogen-bond acceptors (Lipinski definition) is 9. The summed E-state index contributed by atoms with van der Waals surface area (Å²) in [5, 5.41) is 8.24. The molecule has 1 aromatic carbocycles. The summed E-state index contributed by atoms with van der Waals surface area (Å²) in [4.78, 5) is 10.3. The van der Waals surface area contributed by atoms with Gasteiger partial charge in [0.2, 0.25) is 21.7 Å². The van der Waals surface area contributed by atoms with Crippen molar-refractivity contribution in [3.05, 3.63) is 60.3 Å². The third-order valence-corrected chi connectivity index (χ3v) is 6.49. The van der Waals surface area contributed by atoms with Crippen molar-refractivity contribution in [2.75, 3.05) is 27.2 Å². The zero-order valence-corrected chi connectivity index (χ0v) is 20.2. The number of likely N-dealkylation sites (N-methyl/N-ethyl adjacent to an activating group) is 1. The summed E-state index contributed by atoms with van der Waals surface area (Å²) in [7, 11) is 1.76. The molecule has 0 unspecified atom stereocenters. The van der Waals surface area contributed by atoms with Crippen molar-refractivity contribution < 1.29 is 22.1 Å². The first-order valence-corrected chi connectivity index (χ1v) is 12.1. The fourth-order valence-electron chi connectivity index (χ4n) is 3.14. The Morgan fingerprint density at radius 3 is 2.77 bits per heavy atom. The van der Waals surface area contributed by atoms with E-state index in [0.29, 0.717) is 23.4 Å². The summed E-state index contributed by atoms with van der Waals surface area (Å²) in [6.07, 6.45) is 2.62. The molecule has 35 heavy (non-hydrogen) atoms. The maximum Gasteiger partial charge on any atom is 0.261 e. The Labute approximate surface area is 201 Å². The summed E-state index contributed by atoms with van der Waals surface area (Å²) < 4.78 is 53.6. The highest BCUT2D eigenvalue weighted by molar-refractivity contribution is 7.89. The second kappa shape index (κ2) is 10.3. The summed E-state index contributed by atoms with van der Waals surface area (Å²) in [5.41, 5.74) is 1.66. The Morgan fingerprint density at radius 2 is 2.03 bits per heavy atom. The van der Waals surface area contributed by atoms with Gasteiger partial charge in [0.25, 0.3) is 5.89 Å². The van der Waals surface area contributed by atoms with Crippen molar-refractivity contribution in [1.29, 1.82) is 0 Å². The molecule has 0 aliphatic rings. The van der Waals surface area contributed by atoms with E-state index in [-0.39, 0.29) is 35.6 Å². The molecule has 3 aromatic heterocycles. The van der Waals surface area contributed by atoms with E-state index in [9.17, 15) is 12.8 Å². The average molecular weight is 502 g/mol. The van der Waals surface area contributed by atoms with Gasteiger partial charge in [0.15, 0.2) is 0 Å². The monoisotopic (exact) mass is 501 g/mol. The van der Waals surface area contributed by atoms with E-state index in [1.807, 2.05) is 19.0 Å². The summed E-state index contributed by atoms with van der Waals surface area (Å²) in [6, 6.07) is 8.98. The van der Waals surface area contributed by atoms with E-state index in [1.54, 1.807) is 30.1 Å². The number of sulfonamides is 1. The van der Waals surface area contributed by atoms with Gasteiger partial charge in [-0.1, -0.05) is 17.3 Å². The fraction of sp³-hybridized carbons (Fsp3) is 0.273. The molecule has 0 amide bonds. The van der Waals surface area contributed by atoms with Crippen molar-refractivity contribution in [3.63, 3.8) is 0 Å². The van der Waals surface area contributed by atoms with Crippen LogP contribution in [-0.4, -0.2) is 65.4 Å². The number of benzene rings is 1. The highest BCUT2D eigenvalue weighted by atomic mass is 32.2. The molecule has 0 fully saturated rings. The minimum absolute atomic E-state index is 0.0779. The number of hydrogen-bond donors (Lipinski definition) is 1. The third kappa shape index (κ3) is 5.88. The van der Waals surface area contributed by atoms with Crippen LogP contribution in [0, 0.1) is 5.82 Å². The Morgan fingerprint density at radius 1 is 1.20 bits per heavy atom. The van der Waals surface area contributed by atoms with Gasteiger partial charge in [0, 0.05) is 31.8 Å². The van der Waals surface area contributed by atoms with Gasteiger partial charge < -0.3 is 14.2 Å². The van der Waals surface area contributed by atoms with Crippen LogP contribution in [0.25, 0.3) is 22.8 Å². The Balaban J connectivity index is 1.53. The average Bonchev–Trinajstić information content (AvgIpc) is 3.45. The van der Waals surface area contributed by atoms with Gasteiger partial charge >= 0.3 is 0 Å². The van der Waals surface area contributed by atoms with Crippen molar-refractivity contribution in [3.8, 4) is 28.7 Å². The molecule has 0 atom stereocenters. The van der Waals surface area contributed by atoms with E-state index >= 15 is 0 Å². The molecule has 4 aromatic rings. The number of pyridine rings is 1. The molecule has 0 saturated carbocycles. The molecule has 0 saturated heterocycles. The Bertz CT molecular complexity index is 1400. The molecule has 3 heterocycles. The lowest BCUT2D eigenvalue weighted by Gasteiger charge is -2.11. The zero-order valence-electron chi connectivity index (χ0n) is 19.3. The molecule has 11 nitrogen and oxygen atoms in total. The van der Waals surface area contributed by atoms with Crippen LogP contribution < -0.4 is 9.46 Å². The Kier molecular flexibility index (Phi) is 7.19. The van der Waals surface area contributed by atoms with Crippen LogP contribution in [0.4, 0.5) is 4.39 Å². The lowest BCUT2D eigenvalue weighted by molar-refractivity contribution is 0.282. The van der Waals surface area contributed by atoms with Crippen LogP contribution >= 0.6 is 0 Å². The second-order valence-corrected chi connectivity index (χ2v) is 9.65. The first-order valence-electron chi connectivity index (χ1n) is 10.6. The predicted octanol–water partition coefficient (Wildman–Crippen LogP) is 2.09. The van der Waals surface area contributed by atoms with E-state index in [2.05, 4.69) is 24.9 Å². The maximum absolute atomic E-state index is 13.1. The smallest absolute Gasteiger partial charge is 0.261 e. The van der Waals surface area contributed by atoms with Crippen molar-refractivity contribution >= 4 is 10.0 Å². The lowest BCUT2D eigenvalue weighted by atomic mass is 10.2. The van der Waals surface area contributed by atoms with E-state index in [4.69, 9.17) is 9.26 Å². The topological polar surface area (TPSA) is 128 Å². The van der Waals surface area contributed by atoms with Crippen LogP contribution in [0.5, 0.6) is 5.88 Å². The largest absolute Gasteiger partial charge is 0.471 e.